The molecule has 31 heavy (non-hydrogen) atoms. The van der Waals surface area contributed by atoms with Gasteiger partial charge in [-0.1, -0.05) is 54.7 Å². The van der Waals surface area contributed by atoms with Gasteiger partial charge in [-0.05, 0) is 31.2 Å². The maximum atomic E-state index is 13.1. The summed E-state index contributed by atoms with van der Waals surface area (Å²) in [5.74, 6) is -2.08. The van der Waals surface area contributed by atoms with Crippen molar-refractivity contribution in [3.05, 3.63) is 35.9 Å². The smallest absolute Gasteiger partial charge is 0.406 e. The molecule has 2 amide bonds. The fraction of sp³-hybridized carbons (Fsp3) is 0.591. The Hall–Kier alpha value is -2.31. The number of carboxylic acid groups (broad SMARTS) is 1. The lowest BCUT2D eigenvalue weighted by Gasteiger charge is -2.22. The zero-order valence-corrected chi connectivity index (χ0v) is 18.9. The van der Waals surface area contributed by atoms with E-state index in [1.54, 1.807) is 0 Å². The number of aliphatic carboxylic acids is 1. The fourth-order valence-corrected chi connectivity index (χ4v) is 5.00. The number of hydrogen-bond donors (Lipinski definition) is 3. The minimum absolute atomic E-state index is 0.0125. The van der Waals surface area contributed by atoms with Crippen molar-refractivity contribution in [2.75, 3.05) is 12.7 Å². The van der Waals surface area contributed by atoms with Crippen LogP contribution in [-0.4, -0.2) is 57.1 Å². The first-order chi connectivity index (χ1) is 14.8. The normalized spacial score (nSPS) is 18.3. The Morgan fingerprint density at radius 1 is 1.23 bits per heavy atom. The molecule has 1 saturated heterocycles. The Labute approximate surface area is 183 Å². The van der Waals surface area contributed by atoms with Gasteiger partial charge < -0.3 is 15.1 Å². The summed E-state index contributed by atoms with van der Waals surface area (Å²) in [4.78, 5) is 37.6. The Morgan fingerprint density at radius 3 is 2.58 bits per heavy atom. The molecule has 3 atom stereocenters. The number of carboxylic acids is 1. The van der Waals surface area contributed by atoms with Crippen molar-refractivity contribution in [2.24, 2.45) is 0 Å². The molecule has 0 bridgehead atoms. The lowest BCUT2D eigenvalue weighted by atomic mass is 10.1. The second-order valence-corrected chi connectivity index (χ2v) is 9.74. The largest absolute Gasteiger partial charge is 0.480 e. The maximum Gasteiger partial charge on any atom is 0.406 e. The number of unbranched alkanes of at least 4 members (excludes halogenated alkanes) is 2. The van der Waals surface area contributed by atoms with Crippen LogP contribution in [0.1, 0.15) is 57.4 Å². The van der Waals surface area contributed by atoms with Crippen LogP contribution in [0.25, 0.3) is 0 Å². The predicted molar refractivity (Wildman–Crippen MR) is 117 cm³/mol. The van der Waals surface area contributed by atoms with Crippen LogP contribution >= 0.6 is 7.80 Å². The number of aryl methyl sites for hydroxylation is 1. The topological polar surface area (TPSA) is 124 Å². The summed E-state index contributed by atoms with van der Waals surface area (Å²) in [5, 5.41) is 22.9. The SMILES string of the molecule is CCCCCC(=O)NC(O)(CCc1ccccc1)[P+](=O)CC(=O)N1CCC[C@H]1C(=O)O. The van der Waals surface area contributed by atoms with E-state index in [1.807, 2.05) is 37.3 Å². The first kappa shape index (κ1) is 25.0. The highest BCUT2D eigenvalue weighted by atomic mass is 31.1. The summed E-state index contributed by atoms with van der Waals surface area (Å²) in [5.41, 5.74) is -1.14. The molecular weight excluding hydrogens is 419 g/mol. The van der Waals surface area contributed by atoms with E-state index in [2.05, 4.69) is 5.32 Å². The van der Waals surface area contributed by atoms with Crippen molar-refractivity contribution < 1.29 is 29.2 Å². The number of amides is 2. The van der Waals surface area contributed by atoms with Crippen LogP contribution in [0, 0.1) is 0 Å². The molecule has 1 aliphatic rings. The molecule has 1 aromatic carbocycles. The second kappa shape index (κ2) is 11.9. The number of benzene rings is 1. The number of nitrogens with one attached hydrogen (secondary N) is 1. The van der Waals surface area contributed by atoms with Crippen LogP contribution in [0.15, 0.2) is 30.3 Å². The summed E-state index contributed by atoms with van der Waals surface area (Å²) in [7, 11) is -2.58. The van der Waals surface area contributed by atoms with Crippen molar-refractivity contribution >= 4 is 25.6 Å². The van der Waals surface area contributed by atoms with Gasteiger partial charge in [0.05, 0.1) is 0 Å². The molecule has 1 aromatic rings. The Morgan fingerprint density at radius 2 is 1.94 bits per heavy atom. The molecule has 2 rings (SSSR count). The van der Waals surface area contributed by atoms with E-state index >= 15 is 0 Å². The maximum absolute atomic E-state index is 13.1. The van der Waals surface area contributed by atoms with Crippen molar-refractivity contribution in [3.63, 3.8) is 0 Å². The summed E-state index contributed by atoms with van der Waals surface area (Å²) >= 11 is 0. The van der Waals surface area contributed by atoms with Crippen LogP contribution in [0.5, 0.6) is 0 Å². The second-order valence-electron chi connectivity index (χ2n) is 7.93. The van der Waals surface area contributed by atoms with Crippen LogP contribution < -0.4 is 5.32 Å². The summed E-state index contributed by atoms with van der Waals surface area (Å²) < 4.78 is 13.1. The molecule has 1 aliphatic heterocycles. The monoisotopic (exact) mass is 451 g/mol. The highest BCUT2D eigenvalue weighted by Gasteiger charge is 2.50. The fourth-order valence-electron chi connectivity index (χ4n) is 3.70. The van der Waals surface area contributed by atoms with Crippen LogP contribution in [0.4, 0.5) is 0 Å². The summed E-state index contributed by atoms with van der Waals surface area (Å²) in [6.07, 6.45) is 3.41. The molecule has 9 heteroatoms. The quantitative estimate of drug-likeness (QED) is 0.255. The van der Waals surface area contributed by atoms with Gasteiger partial charge in [-0.3, -0.25) is 14.9 Å². The number of nitrogens with zero attached hydrogens (tertiary/aromatic N) is 1. The minimum Gasteiger partial charge on any atom is -0.480 e. The third kappa shape index (κ3) is 7.40. The van der Waals surface area contributed by atoms with Gasteiger partial charge in [-0.15, -0.1) is 0 Å². The van der Waals surface area contributed by atoms with Gasteiger partial charge in [0.15, 0.2) is 0 Å². The van der Waals surface area contributed by atoms with Crippen LogP contribution in [0.2, 0.25) is 0 Å². The van der Waals surface area contributed by atoms with Crippen molar-refractivity contribution in [1.29, 1.82) is 0 Å². The van der Waals surface area contributed by atoms with Crippen LogP contribution in [0.3, 0.4) is 0 Å². The number of carbonyl (C=O) groups excluding carboxylic acids is 2. The van der Waals surface area contributed by atoms with Gasteiger partial charge in [0.25, 0.3) is 5.91 Å². The third-order valence-electron chi connectivity index (χ3n) is 5.50. The highest BCUT2D eigenvalue weighted by Crippen LogP contribution is 2.39. The molecule has 2 unspecified atom stereocenters. The van der Waals surface area contributed by atoms with E-state index in [4.69, 9.17) is 0 Å². The minimum atomic E-state index is -2.58. The average molecular weight is 451 g/mol. The van der Waals surface area contributed by atoms with Gasteiger partial charge in [-0.2, -0.15) is 0 Å². The zero-order chi connectivity index (χ0) is 22.9. The van der Waals surface area contributed by atoms with Crippen molar-refractivity contribution in [2.45, 2.75) is 69.8 Å². The molecule has 1 heterocycles. The molecule has 0 spiro atoms. The zero-order valence-electron chi connectivity index (χ0n) is 18.0. The summed E-state index contributed by atoms with van der Waals surface area (Å²) in [6.45, 7) is 2.30. The van der Waals surface area contributed by atoms with Gasteiger partial charge in [-0.25, -0.2) is 4.79 Å². The highest BCUT2D eigenvalue weighted by molar-refractivity contribution is 7.47. The standard InChI is InChI=1S/C22H31N2O6P/c1-2-3-5-12-19(25)23-22(29,14-13-17-9-6-4-7-10-17)31(30)16-20(26)24-15-8-11-18(24)21(27)28/h4,6-7,9-10,18,29H,2-3,5,8,11-16H2,1H3,(H-,23,25,27,28)/p+1/t18-,22?/m0/s1. The van der Waals surface area contributed by atoms with E-state index in [0.717, 1.165) is 18.4 Å². The molecule has 3 N–H and O–H groups in total. The van der Waals surface area contributed by atoms with E-state index in [1.165, 1.54) is 4.90 Å². The molecular formula is C22H32N2O6P+. The van der Waals surface area contributed by atoms with Gasteiger partial charge >= 0.3 is 19.2 Å². The first-order valence-corrected chi connectivity index (χ1v) is 12.3. The summed E-state index contributed by atoms with van der Waals surface area (Å²) in [6, 6.07) is 8.35. The Balaban J connectivity index is 2.09. The number of likely N-dealkylation sites (tertiary alicyclic amines) is 1. The number of rotatable bonds is 12. The van der Waals surface area contributed by atoms with Gasteiger partial charge in [0.1, 0.15) is 6.04 Å². The third-order valence-corrected chi connectivity index (χ3v) is 7.22. The van der Waals surface area contributed by atoms with Crippen molar-refractivity contribution in [1.82, 2.24) is 10.2 Å². The first-order valence-electron chi connectivity index (χ1n) is 10.8. The molecule has 0 saturated carbocycles. The van der Waals surface area contributed by atoms with Gasteiger partial charge in [0, 0.05) is 19.4 Å². The lowest BCUT2D eigenvalue weighted by molar-refractivity contribution is -0.147. The number of carbonyl (C=O) groups is 3. The average Bonchev–Trinajstić information content (AvgIpc) is 3.24. The van der Waals surface area contributed by atoms with Gasteiger partial charge in [0.2, 0.25) is 12.1 Å². The molecule has 1 fully saturated rings. The predicted octanol–water partition coefficient (Wildman–Crippen LogP) is 2.86. The van der Waals surface area contributed by atoms with E-state index < -0.39 is 43.3 Å². The lowest BCUT2D eigenvalue weighted by Crippen LogP contribution is -2.48. The number of aliphatic hydroxyl groups is 1. The number of hydrogen-bond acceptors (Lipinski definition) is 5. The molecule has 0 radical (unpaired) electrons. The van der Waals surface area contributed by atoms with E-state index in [0.29, 0.717) is 25.7 Å². The molecule has 0 aromatic heterocycles. The van der Waals surface area contributed by atoms with Crippen molar-refractivity contribution in [3.8, 4) is 0 Å². The Bertz CT molecular complexity index is 787. The molecule has 0 aliphatic carbocycles. The van der Waals surface area contributed by atoms with E-state index in [-0.39, 0.29) is 19.4 Å². The molecule has 170 valence electrons. The van der Waals surface area contributed by atoms with Crippen LogP contribution in [-0.2, 0) is 25.4 Å². The Kier molecular flexibility index (Phi) is 9.59. The van der Waals surface area contributed by atoms with E-state index in [9.17, 15) is 29.2 Å². The molecule has 8 nitrogen and oxygen atoms in total.